The Morgan fingerprint density at radius 3 is 2.15 bits per heavy atom. The second-order valence-corrected chi connectivity index (χ2v) is 7.82. The van der Waals surface area contributed by atoms with Crippen molar-refractivity contribution in [3.05, 3.63) is 94.1 Å². The lowest BCUT2D eigenvalue weighted by Gasteiger charge is -2.13. The van der Waals surface area contributed by atoms with Gasteiger partial charge >= 0.3 is 5.97 Å². The summed E-state index contributed by atoms with van der Waals surface area (Å²) < 4.78 is 20.1. The largest absolute Gasteiger partial charge is 0.456 e. The molecule has 0 saturated carbocycles. The van der Waals surface area contributed by atoms with Crippen LogP contribution in [0.5, 0.6) is 0 Å². The molecule has 168 valence electrons. The fourth-order valence-corrected chi connectivity index (χ4v) is 3.88. The van der Waals surface area contributed by atoms with Gasteiger partial charge in [0.2, 0.25) is 5.78 Å². The molecule has 0 radical (unpaired) electrons. The number of carbonyl (C=O) groups excluding carboxylic acids is 4. The van der Waals surface area contributed by atoms with Crippen molar-refractivity contribution in [2.75, 3.05) is 13.2 Å². The summed E-state index contributed by atoms with van der Waals surface area (Å²) in [5.74, 6) is -2.70. The van der Waals surface area contributed by atoms with E-state index in [1.807, 2.05) is 11.5 Å². The zero-order valence-electron chi connectivity index (χ0n) is 18.1. The number of nitrogens with zero attached hydrogens (tertiary/aromatic N) is 2. The quantitative estimate of drug-likeness (QED) is 0.315. The lowest BCUT2D eigenvalue weighted by molar-refractivity contribution is -0.142. The molecule has 0 aliphatic carbocycles. The summed E-state index contributed by atoms with van der Waals surface area (Å²) in [5, 5.41) is 0. The Morgan fingerprint density at radius 2 is 1.55 bits per heavy atom. The molecule has 0 bridgehead atoms. The summed E-state index contributed by atoms with van der Waals surface area (Å²) in [6.45, 7) is 3.02. The van der Waals surface area contributed by atoms with Gasteiger partial charge in [0.05, 0.1) is 11.1 Å². The second kappa shape index (κ2) is 8.82. The summed E-state index contributed by atoms with van der Waals surface area (Å²) in [6.07, 6.45) is 0. The monoisotopic (exact) mass is 448 g/mol. The van der Waals surface area contributed by atoms with Gasteiger partial charge in [-0.3, -0.25) is 24.1 Å². The number of rotatable bonds is 7. The Balaban J connectivity index is 1.38. The minimum absolute atomic E-state index is 0.236. The first-order valence-electron chi connectivity index (χ1n) is 10.3. The summed E-state index contributed by atoms with van der Waals surface area (Å²) in [5.41, 5.74) is 3.28. The minimum atomic E-state index is -0.849. The number of benzene rings is 2. The highest BCUT2D eigenvalue weighted by atomic mass is 19.1. The highest BCUT2D eigenvalue weighted by Crippen LogP contribution is 2.22. The Bertz CT molecular complexity index is 1240. The van der Waals surface area contributed by atoms with Crippen LogP contribution in [-0.4, -0.2) is 46.2 Å². The first kappa shape index (κ1) is 22.1. The minimum Gasteiger partial charge on any atom is -0.456 e. The van der Waals surface area contributed by atoms with Crippen molar-refractivity contribution in [3.8, 4) is 0 Å². The Labute approximate surface area is 189 Å². The zero-order valence-corrected chi connectivity index (χ0v) is 18.1. The van der Waals surface area contributed by atoms with Gasteiger partial charge in [0.1, 0.15) is 12.4 Å². The Morgan fingerprint density at radius 1 is 0.939 bits per heavy atom. The molecule has 7 nitrogen and oxygen atoms in total. The van der Waals surface area contributed by atoms with E-state index in [-0.39, 0.29) is 16.9 Å². The van der Waals surface area contributed by atoms with Crippen molar-refractivity contribution in [3.63, 3.8) is 0 Å². The van der Waals surface area contributed by atoms with E-state index < -0.39 is 36.7 Å². The van der Waals surface area contributed by atoms with Crippen molar-refractivity contribution in [2.24, 2.45) is 0 Å². The number of hydrogen-bond acceptors (Lipinski definition) is 5. The number of imide groups is 1. The molecule has 0 saturated heterocycles. The third-order valence-corrected chi connectivity index (χ3v) is 5.66. The Kier molecular flexibility index (Phi) is 5.91. The van der Waals surface area contributed by atoms with E-state index in [0.29, 0.717) is 17.8 Å². The summed E-state index contributed by atoms with van der Waals surface area (Å²) in [4.78, 5) is 50.5. The number of aryl methyl sites for hydroxylation is 1. The van der Waals surface area contributed by atoms with Gasteiger partial charge in [-0.25, -0.2) is 4.39 Å². The average Bonchev–Trinajstić information content (AvgIpc) is 3.22. The van der Waals surface area contributed by atoms with E-state index in [0.717, 1.165) is 16.2 Å². The summed E-state index contributed by atoms with van der Waals surface area (Å²) in [7, 11) is 0. The van der Waals surface area contributed by atoms with Gasteiger partial charge in [-0.05, 0) is 49.7 Å². The first-order valence-corrected chi connectivity index (χ1v) is 10.3. The number of fused-ring (bicyclic) bond motifs is 1. The maximum absolute atomic E-state index is 13.2. The number of carbonyl (C=O) groups is 4. The van der Waals surface area contributed by atoms with Crippen LogP contribution in [0.15, 0.2) is 54.6 Å². The van der Waals surface area contributed by atoms with E-state index in [4.69, 9.17) is 4.74 Å². The van der Waals surface area contributed by atoms with E-state index in [1.165, 1.54) is 24.3 Å². The summed E-state index contributed by atoms with van der Waals surface area (Å²) >= 11 is 0. The van der Waals surface area contributed by atoms with Crippen LogP contribution >= 0.6 is 0 Å². The molecule has 1 aromatic heterocycles. The number of ether oxygens (including phenoxy) is 1. The van der Waals surface area contributed by atoms with E-state index in [1.54, 1.807) is 37.3 Å². The molecular formula is C25H21FN2O5. The molecule has 1 aliphatic heterocycles. The van der Waals surface area contributed by atoms with Crippen LogP contribution in [0.2, 0.25) is 0 Å². The smallest absolute Gasteiger partial charge is 0.326 e. The van der Waals surface area contributed by atoms with Crippen LogP contribution < -0.4 is 0 Å². The molecule has 33 heavy (non-hydrogen) atoms. The summed E-state index contributed by atoms with van der Waals surface area (Å²) in [6, 6.07) is 14.1. The van der Waals surface area contributed by atoms with Gasteiger partial charge in [-0.1, -0.05) is 24.3 Å². The van der Waals surface area contributed by atoms with Crippen LogP contribution in [0.1, 0.15) is 48.0 Å². The van der Waals surface area contributed by atoms with Crippen molar-refractivity contribution in [2.45, 2.75) is 20.4 Å². The molecule has 3 aromatic rings. The van der Waals surface area contributed by atoms with Crippen LogP contribution in [0, 0.1) is 19.7 Å². The van der Waals surface area contributed by atoms with E-state index >= 15 is 0 Å². The molecule has 0 fully saturated rings. The number of amides is 2. The van der Waals surface area contributed by atoms with Gasteiger partial charge in [0.15, 0.2) is 6.61 Å². The number of Topliss-reactive ketones (excluding diaryl/α,β-unsaturated/α-hetero) is 1. The molecule has 2 amide bonds. The SMILES string of the molecule is Cc1cc(C(=O)COC(=O)CN2C(=O)c3ccccc3C2=O)c(C)n1Cc1ccc(F)cc1. The number of halogens is 1. The molecule has 0 spiro atoms. The van der Waals surface area contributed by atoms with Crippen molar-refractivity contribution >= 4 is 23.6 Å². The van der Waals surface area contributed by atoms with Gasteiger partial charge in [-0.15, -0.1) is 0 Å². The Hall–Kier alpha value is -4.07. The van der Waals surface area contributed by atoms with Crippen molar-refractivity contribution < 1.29 is 28.3 Å². The van der Waals surface area contributed by atoms with Crippen molar-refractivity contribution in [1.29, 1.82) is 0 Å². The topological polar surface area (TPSA) is 85.7 Å². The maximum Gasteiger partial charge on any atom is 0.326 e. The number of ketones is 1. The lowest BCUT2D eigenvalue weighted by Crippen LogP contribution is -2.36. The first-order chi connectivity index (χ1) is 15.8. The number of aromatic nitrogens is 1. The van der Waals surface area contributed by atoms with Gasteiger partial charge in [-0.2, -0.15) is 0 Å². The van der Waals surface area contributed by atoms with Crippen LogP contribution in [0.25, 0.3) is 0 Å². The maximum atomic E-state index is 13.2. The molecule has 0 atom stereocenters. The van der Waals surface area contributed by atoms with Crippen LogP contribution in [-0.2, 0) is 16.1 Å². The number of esters is 1. The fourth-order valence-electron chi connectivity index (χ4n) is 3.88. The highest BCUT2D eigenvalue weighted by molar-refractivity contribution is 6.22. The molecule has 8 heteroatoms. The molecule has 0 unspecified atom stereocenters. The predicted molar refractivity (Wildman–Crippen MR) is 117 cm³/mol. The second-order valence-electron chi connectivity index (χ2n) is 7.82. The molecule has 2 aromatic carbocycles. The molecule has 1 aliphatic rings. The fraction of sp³-hybridized carbons (Fsp3) is 0.200. The third-order valence-electron chi connectivity index (χ3n) is 5.66. The van der Waals surface area contributed by atoms with Crippen LogP contribution in [0.3, 0.4) is 0 Å². The van der Waals surface area contributed by atoms with Crippen molar-refractivity contribution in [1.82, 2.24) is 9.47 Å². The van der Waals surface area contributed by atoms with E-state index in [2.05, 4.69) is 0 Å². The lowest BCUT2D eigenvalue weighted by atomic mass is 10.1. The average molecular weight is 448 g/mol. The highest BCUT2D eigenvalue weighted by Gasteiger charge is 2.36. The third kappa shape index (κ3) is 4.32. The molecule has 0 N–H and O–H groups in total. The van der Waals surface area contributed by atoms with E-state index in [9.17, 15) is 23.6 Å². The standard InChI is InChI=1S/C25H21FN2O5/c1-15-11-21(16(2)27(15)12-17-7-9-18(26)10-8-17)22(29)14-33-23(30)13-28-24(31)19-5-3-4-6-20(19)25(28)32/h3-11H,12-14H2,1-2H3. The number of hydrogen-bond donors (Lipinski definition) is 0. The van der Waals surface area contributed by atoms with Crippen LogP contribution in [0.4, 0.5) is 4.39 Å². The molecule has 4 rings (SSSR count). The predicted octanol–water partition coefficient (Wildman–Crippen LogP) is 3.31. The normalized spacial score (nSPS) is 12.8. The van der Waals surface area contributed by atoms with Gasteiger partial charge < -0.3 is 9.30 Å². The van der Waals surface area contributed by atoms with Gasteiger partial charge in [0, 0.05) is 23.5 Å². The van der Waals surface area contributed by atoms with Gasteiger partial charge in [0.25, 0.3) is 11.8 Å². The zero-order chi connectivity index (χ0) is 23.7. The molecule has 2 heterocycles. The molecular weight excluding hydrogens is 427 g/mol.